The fraction of sp³-hybridized carbons (Fsp3) is 0.400. The number of hydrogen-bond donors (Lipinski definition) is 0. The zero-order valence-corrected chi connectivity index (χ0v) is 14.2. The molecule has 1 aliphatic carbocycles. The van der Waals surface area contributed by atoms with Gasteiger partial charge >= 0.3 is 0 Å². The van der Waals surface area contributed by atoms with Crippen LogP contribution in [0.2, 0.25) is 0 Å². The van der Waals surface area contributed by atoms with E-state index in [0.717, 1.165) is 29.8 Å². The molecular formula is C20H22N2O3. The molecule has 2 aliphatic rings. The maximum atomic E-state index is 13.0. The smallest absolute Gasteiger partial charge is 0.231 e. The Balaban J connectivity index is 1.59. The van der Waals surface area contributed by atoms with Gasteiger partial charge in [0.2, 0.25) is 12.7 Å². The summed E-state index contributed by atoms with van der Waals surface area (Å²) in [6, 6.07) is 9.59. The lowest BCUT2D eigenvalue weighted by atomic mass is 10.0. The Morgan fingerprint density at radius 1 is 1.16 bits per heavy atom. The molecule has 0 N–H and O–H groups in total. The van der Waals surface area contributed by atoms with Gasteiger partial charge in [-0.2, -0.15) is 0 Å². The number of fused-ring (bicyclic) bond motifs is 1. The van der Waals surface area contributed by atoms with Crippen LogP contribution in [-0.4, -0.2) is 17.7 Å². The van der Waals surface area contributed by atoms with Gasteiger partial charge in [-0.25, -0.2) is 0 Å². The van der Waals surface area contributed by atoms with Gasteiger partial charge in [0, 0.05) is 30.6 Å². The second-order valence-electron chi connectivity index (χ2n) is 6.73. The van der Waals surface area contributed by atoms with Gasteiger partial charge in [-0.3, -0.25) is 9.78 Å². The Morgan fingerprint density at radius 2 is 2.00 bits per heavy atom. The highest BCUT2D eigenvalue weighted by molar-refractivity contribution is 5.93. The molecule has 2 heterocycles. The Morgan fingerprint density at radius 3 is 2.80 bits per heavy atom. The summed E-state index contributed by atoms with van der Waals surface area (Å²) in [6.07, 6.45) is 8.96. The van der Waals surface area contributed by atoms with E-state index >= 15 is 0 Å². The minimum atomic E-state index is 0.162. The highest BCUT2D eigenvalue weighted by atomic mass is 16.7. The van der Waals surface area contributed by atoms with Crippen molar-refractivity contribution in [1.82, 2.24) is 4.98 Å². The molecule has 0 spiro atoms. The van der Waals surface area contributed by atoms with Crippen LogP contribution < -0.4 is 14.4 Å². The van der Waals surface area contributed by atoms with E-state index in [1.807, 2.05) is 41.4 Å². The third kappa shape index (κ3) is 3.60. The maximum Gasteiger partial charge on any atom is 0.231 e. The predicted molar refractivity (Wildman–Crippen MR) is 94.6 cm³/mol. The van der Waals surface area contributed by atoms with E-state index in [1.165, 1.54) is 12.8 Å². The van der Waals surface area contributed by atoms with Crippen molar-refractivity contribution in [1.29, 1.82) is 0 Å². The van der Waals surface area contributed by atoms with E-state index in [1.54, 1.807) is 6.20 Å². The number of ether oxygens (including phenoxy) is 2. The van der Waals surface area contributed by atoms with Crippen molar-refractivity contribution in [2.24, 2.45) is 5.92 Å². The van der Waals surface area contributed by atoms with Gasteiger partial charge < -0.3 is 14.4 Å². The van der Waals surface area contributed by atoms with Gasteiger partial charge in [-0.15, -0.1) is 0 Å². The van der Waals surface area contributed by atoms with Crippen LogP contribution in [0.3, 0.4) is 0 Å². The van der Waals surface area contributed by atoms with Crippen LogP contribution >= 0.6 is 0 Å². The van der Waals surface area contributed by atoms with Crippen molar-refractivity contribution in [2.75, 3.05) is 11.7 Å². The highest BCUT2D eigenvalue weighted by Crippen LogP contribution is 2.36. The van der Waals surface area contributed by atoms with Crippen molar-refractivity contribution in [2.45, 2.75) is 38.6 Å². The third-order valence-electron chi connectivity index (χ3n) is 4.97. The van der Waals surface area contributed by atoms with E-state index in [2.05, 4.69) is 4.98 Å². The van der Waals surface area contributed by atoms with Crippen LogP contribution in [0.25, 0.3) is 0 Å². The zero-order chi connectivity index (χ0) is 17.1. The molecule has 1 saturated carbocycles. The monoisotopic (exact) mass is 338 g/mol. The summed E-state index contributed by atoms with van der Waals surface area (Å²) >= 11 is 0. The highest BCUT2D eigenvalue weighted by Gasteiger charge is 2.25. The number of nitrogens with zero attached hydrogens (tertiary/aromatic N) is 2. The van der Waals surface area contributed by atoms with Gasteiger partial charge in [0.25, 0.3) is 0 Å². The molecular weight excluding hydrogens is 316 g/mol. The third-order valence-corrected chi connectivity index (χ3v) is 4.97. The molecule has 0 unspecified atom stereocenters. The number of aromatic nitrogens is 1. The van der Waals surface area contributed by atoms with Crippen molar-refractivity contribution in [3.8, 4) is 11.5 Å². The second kappa shape index (κ2) is 7.13. The molecule has 130 valence electrons. The van der Waals surface area contributed by atoms with Crippen LogP contribution in [0.5, 0.6) is 11.5 Å². The van der Waals surface area contributed by atoms with Gasteiger partial charge in [0.1, 0.15) is 0 Å². The summed E-state index contributed by atoms with van der Waals surface area (Å²) in [5.74, 6) is 2.10. The van der Waals surface area contributed by atoms with Crippen LogP contribution in [0.1, 0.15) is 37.7 Å². The topological polar surface area (TPSA) is 51.7 Å². The molecule has 1 amide bonds. The molecule has 25 heavy (non-hydrogen) atoms. The summed E-state index contributed by atoms with van der Waals surface area (Å²) in [7, 11) is 0. The molecule has 1 aromatic heterocycles. The van der Waals surface area contributed by atoms with Gasteiger partial charge in [-0.1, -0.05) is 18.9 Å². The second-order valence-corrected chi connectivity index (χ2v) is 6.73. The van der Waals surface area contributed by atoms with Crippen LogP contribution in [0, 0.1) is 5.92 Å². The minimum absolute atomic E-state index is 0.162. The molecule has 2 aromatic rings. The fourth-order valence-corrected chi connectivity index (χ4v) is 3.62. The Bertz CT molecular complexity index is 742. The van der Waals surface area contributed by atoms with Gasteiger partial charge in [0.05, 0.1) is 6.54 Å². The normalized spacial score (nSPS) is 16.2. The number of benzene rings is 1. The van der Waals surface area contributed by atoms with E-state index in [-0.39, 0.29) is 12.7 Å². The van der Waals surface area contributed by atoms with Crippen LogP contribution in [0.15, 0.2) is 42.7 Å². The van der Waals surface area contributed by atoms with Crippen molar-refractivity contribution < 1.29 is 14.3 Å². The first-order valence-electron chi connectivity index (χ1n) is 8.88. The molecule has 4 rings (SSSR count). The molecule has 5 nitrogen and oxygen atoms in total. The zero-order valence-electron chi connectivity index (χ0n) is 14.2. The van der Waals surface area contributed by atoms with Crippen molar-refractivity contribution in [3.63, 3.8) is 0 Å². The number of carbonyl (C=O) groups is 1. The van der Waals surface area contributed by atoms with E-state index < -0.39 is 0 Å². The largest absolute Gasteiger partial charge is 0.454 e. The fourth-order valence-electron chi connectivity index (χ4n) is 3.62. The summed E-state index contributed by atoms with van der Waals surface area (Å²) in [6.45, 7) is 0.746. The standard InChI is InChI=1S/C20H22N2O3/c23-20(10-15-4-1-2-5-15)22(13-16-6-3-9-21-12-16)17-7-8-18-19(11-17)25-14-24-18/h3,6-9,11-12,15H,1-2,4-5,10,13-14H2. The Kier molecular flexibility index (Phi) is 4.55. The molecule has 1 fully saturated rings. The number of hydrogen-bond acceptors (Lipinski definition) is 4. The first-order chi connectivity index (χ1) is 12.3. The SMILES string of the molecule is O=C(CC1CCCC1)N(Cc1cccnc1)c1ccc2c(c1)OCO2. The average Bonchev–Trinajstić information content (AvgIpc) is 3.31. The molecule has 0 radical (unpaired) electrons. The Labute approximate surface area is 147 Å². The average molecular weight is 338 g/mol. The first-order valence-corrected chi connectivity index (χ1v) is 8.88. The van der Waals surface area contributed by atoms with Crippen LogP contribution in [-0.2, 0) is 11.3 Å². The molecule has 0 atom stereocenters. The summed E-state index contributed by atoms with van der Waals surface area (Å²) in [4.78, 5) is 19.1. The van der Waals surface area contributed by atoms with Crippen molar-refractivity contribution in [3.05, 3.63) is 48.3 Å². The van der Waals surface area contributed by atoms with E-state index in [4.69, 9.17) is 9.47 Å². The number of carbonyl (C=O) groups excluding carboxylic acids is 1. The molecule has 0 saturated heterocycles. The van der Waals surface area contributed by atoms with E-state index in [0.29, 0.717) is 24.6 Å². The van der Waals surface area contributed by atoms with Gasteiger partial charge in [-0.05, 0) is 42.5 Å². The molecule has 1 aromatic carbocycles. The summed E-state index contributed by atoms with van der Waals surface area (Å²) in [5.41, 5.74) is 1.86. The molecule has 5 heteroatoms. The number of rotatable bonds is 5. The predicted octanol–water partition coefficient (Wildman–Crippen LogP) is 3.92. The maximum absolute atomic E-state index is 13.0. The Hall–Kier alpha value is -2.56. The number of pyridine rings is 1. The quantitative estimate of drug-likeness (QED) is 0.829. The number of anilines is 1. The lowest BCUT2D eigenvalue weighted by molar-refractivity contribution is -0.119. The van der Waals surface area contributed by atoms with Gasteiger partial charge in [0.15, 0.2) is 11.5 Å². The minimum Gasteiger partial charge on any atom is -0.454 e. The van der Waals surface area contributed by atoms with Crippen LogP contribution in [0.4, 0.5) is 5.69 Å². The number of amides is 1. The van der Waals surface area contributed by atoms with E-state index in [9.17, 15) is 4.79 Å². The van der Waals surface area contributed by atoms with Crippen molar-refractivity contribution >= 4 is 11.6 Å². The lowest BCUT2D eigenvalue weighted by Gasteiger charge is -2.24. The molecule has 1 aliphatic heterocycles. The summed E-state index contributed by atoms with van der Waals surface area (Å²) < 4.78 is 10.9. The molecule has 0 bridgehead atoms. The summed E-state index contributed by atoms with van der Waals surface area (Å²) in [5, 5.41) is 0. The lowest BCUT2D eigenvalue weighted by Crippen LogP contribution is -2.31. The first kappa shape index (κ1) is 15.9.